The molecule has 0 aliphatic heterocycles. The zero-order chi connectivity index (χ0) is 13.2. The van der Waals surface area contributed by atoms with Crippen LogP contribution < -0.4 is 10.5 Å². The molecule has 0 aromatic heterocycles. The van der Waals surface area contributed by atoms with E-state index in [1.165, 1.54) is 0 Å². The highest BCUT2D eigenvalue weighted by atomic mass is 16.5. The van der Waals surface area contributed by atoms with Crippen molar-refractivity contribution in [1.29, 1.82) is 0 Å². The van der Waals surface area contributed by atoms with E-state index in [1.54, 1.807) is 0 Å². The van der Waals surface area contributed by atoms with Crippen LogP contribution in [0.2, 0.25) is 0 Å². The van der Waals surface area contributed by atoms with Gasteiger partial charge in [0.05, 0.1) is 13.2 Å². The lowest BCUT2D eigenvalue weighted by Crippen LogP contribution is -2.10. The Morgan fingerprint density at radius 1 is 1.17 bits per heavy atom. The summed E-state index contributed by atoms with van der Waals surface area (Å²) in [6.07, 6.45) is 0. The van der Waals surface area contributed by atoms with Gasteiger partial charge in [0.2, 0.25) is 0 Å². The third-order valence-corrected chi connectivity index (χ3v) is 2.14. The van der Waals surface area contributed by atoms with Crippen LogP contribution >= 0.6 is 0 Å². The van der Waals surface area contributed by atoms with Gasteiger partial charge in [-0.2, -0.15) is 0 Å². The summed E-state index contributed by atoms with van der Waals surface area (Å²) < 4.78 is 11.0. The fourth-order valence-electron chi connectivity index (χ4n) is 1.33. The lowest BCUT2D eigenvalue weighted by molar-refractivity contribution is 0.0819. The summed E-state index contributed by atoms with van der Waals surface area (Å²) >= 11 is 0. The maximum Gasteiger partial charge on any atom is 0.119 e. The standard InChI is InChI=1S/C15H21NO2/c1-13(2)12-17-10-11-18-15-7-5-14(6-8-15)4-3-9-16/h5-8,13H,9-12,16H2,1-2H3. The van der Waals surface area contributed by atoms with E-state index in [2.05, 4.69) is 25.7 Å². The normalized spacial score (nSPS) is 10.0. The summed E-state index contributed by atoms with van der Waals surface area (Å²) in [6, 6.07) is 7.66. The Morgan fingerprint density at radius 2 is 1.89 bits per heavy atom. The Hall–Kier alpha value is -1.50. The van der Waals surface area contributed by atoms with Crippen LogP contribution in [0.5, 0.6) is 5.75 Å². The molecule has 0 unspecified atom stereocenters. The van der Waals surface area contributed by atoms with E-state index in [9.17, 15) is 0 Å². The Bertz CT molecular complexity index is 387. The van der Waals surface area contributed by atoms with Crippen molar-refractivity contribution in [2.24, 2.45) is 11.7 Å². The first-order valence-electron chi connectivity index (χ1n) is 6.22. The van der Waals surface area contributed by atoms with E-state index in [-0.39, 0.29) is 0 Å². The average molecular weight is 247 g/mol. The molecule has 0 bridgehead atoms. The smallest absolute Gasteiger partial charge is 0.119 e. The molecule has 2 N–H and O–H groups in total. The molecule has 1 aromatic rings. The highest BCUT2D eigenvalue weighted by Gasteiger charge is 1.96. The fraction of sp³-hybridized carbons (Fsp3) is 0.467. The molecule has 98 valence electrons. The second-order valence-electron chi connectivity index (χ2n) is 4.35. The molecule has 0 spiro atoms. The minimum atomic E-state index is 0.380. The first kappa shape index (κ1) is 14.6. The lowest BCUT2D eigenvalue weighted by atomic mass is 10.2. The van der Waals surface area contributed by atoms with Gasteiger partial charge in [-0.1, -0.05) is 25.7 Å². The first-order chi connectivity index (χ1) is 8.72. The molecule has 0 aliphatic rings. The number of benzene rings is 1. The maximum atomic E-state index is 5.55. The molecule has 0 fully saturated rings. The van der Waals surface area contributed by atoms with Crippen LogP contribution in [-0.4, -0.2) is 26.4 Å². The van der Waals surface area contributed by atoms with Gasteiger partial charge < -0.3 is 15.2 Å². The van der Waals surface area contributed by atoms with Crippen molar-refractivity contribution in [3.8, 4) is 17.6 Å². The second-order valence-corrected chi connectivity index (χ2v) is 4.35. The fourth-order valence-corrected chi connectivity index (χ4v) is 1.33. The largest absolute Gasteiger partial charge is 0.491 e. The quantitative estimate of drug-likeness (QED) is 0.618. The molecule has 0 saturated heterocycles. The predicted octanol–water partition coefficient (Wildman–Crippen LogP) is 2.05. The van der Waals surface area contributed by atoms with E-state index >= 15 is 0 Å². The van der Waals surface area contributed by atoms with Crippen LogP contribution in [0.3, 0.4) is 0 Å². The van der Waals surface area contributed by atoms with Crippen molar-refractivity contribution in [3.05, 3.63) is 29.8 Å². The molecule has 0 radical (unpaired) electrons. The number of ether oxygens (including phenoxy) is 2. The van der Waals surface area contributed by atoms with Gasteiger partial charge >= 0.3 is 0 Å². The minimum Gasteiger partial charge on any atom is -0.491 e. The molecule has 3 heteroatoms. The van der Waals surface area contributed by atoms with E-state index < -0.39 is 0 Å². The molecule has 0 heterocycles. The molecule has 18 heavy (non-hydrogen) atoms. The molecule has 1 aromatic carbocycles. The summed E-state index contributed by atoms with van der Waals surface area (Å²) in [7, 11) is 0. The Morgan fingerprint density at radius 3 is 2.50 bits per heavy atom. The highest BCUT2D eigenvalue weighted by Crippen LogP contribution is 2.11. The van der Waals surface area contributed by atoms with E-state index in [1.807, 2.05) is 24.3 Å². The third-order valence-electron chi connectivity index (χ3n) is 2.14. The molecule has 0 aliphatic carbocycles. The Labute approximate surface area is 109 Å². The molecular formula is C15H21NO2. The number of hydrogen-bond donors (Lipinski definition) is 1. The van der Waals surface area contributed by atoms with Gasteiger partial charge in [-0.15, -0.1) is 0 Å². The summed E-state index contributed by atoms with van der Waals surface area (Å²) in [5, 5.41) is 0. The Kier molecular flexibility index (Phi) is 6.93. The van der Waals surface area contributed by atoms with E-state index in [0.29, 0.717) is 25.7 Å². The number of hydrogen-bond acceptors (Lipinski definition) is 3. The second kappa shape index (κ2) is 8.57. The topological polar surface area (TPSA) is 44.5 Å². The van der Waals surface area contributed by atoms with Gasteiger partial charge in [-0.25, -0.2) is 0 Å². The zero-order valence-electron chi connectivity index (χ0n) is 11.1. The van der Waals surface area contributed by atoms with Crippen LogP contribution in [0.4, 0.5) is 0 Å². The van der Waals surface area contributed by atoms with Gasteiger partial charge in [-0.3, -0.25) is 0 Å². The summed E-state index contributed by atoms with van der Waals surface area (Å²) in [6.45, 7) is 6.60. The van der Waals surface area contributed by atoms with Crippen molar-refractivity contribution in [3.63, 3.8) is 0 Å². The SMILES string of the molecule is CC(C)COCCOc1ccc(C#CCN)cc1. The van der Waals surface area contributed by atoms with Crippen molar-refractivity contribution < 1.29 is 9.47 Å². The minimum absolute atomic E-state index is 0.380. The summed E-state index contributed by atoms with van der Waals surface area (Å²) in [4.78, 5) is 0. The monoisotopic (exact) mass is 247 g/mol. The van der Waals surface area contributed by atoms with Crippen LogP contribution in [0.15, 0.2) is 24.3 Å². The van der Waals surface area contributed by atoms with Gasteiger partial charge in [0, 0.05) is 12.2 Å². The van der Waals surface area contributed by atoms with Crippen molar-refractivity contribution >= 4 is 0 Å². The molecular weight excluding hydrogens is 226 g/mol. The third kappa shape index (κ3) is 6.29. The molecule has 0 amide bonds. The molecule has 1 rings (SSSR count). The molecule has 3 nitrogen and oxygen atoms in total. The average Bonchev–Trinajstić information content (AvgIpc) is 2.37. The molecule has 0 saturated carbocycles. The van der Waals surface area contributed by atoms with Crippen LogP contribution in [-0.2, 0) is 4.74 Å². The summed E-state index contributed by atoms with van der Waals surface area (Å²) in [5.41, 5.74) is 6.26. The van der Waals surface area contributed by atoms with Crippen molar-refractivity contribution in [2.45, 2.75) is 13.8 Å². The lowest BCUT2D eigenvalue weighted by Gasteiger charge is -2.08. The molecule has 0 atom stereocenters. The van der Waals surface area contributed by atoms with Gasteiger partial charge in [0.25, 0.3) is 0 Å². The van der Waals surface area contributed by atoms with Gasteiger partial charge in [-0.05, 0) is 30.2 Å². The van der Waals surface area contributed by atoms with E-state index in [0.717, 1.165) is 17.9 Å². The van der Waals surface area contributed by atoms with Crippen molar-refractivity contribution in [1.82, 2.24) is 0 Å². The van der Waals surface area contributed by atoms with Crippen LogP contribution in [0.1, 0.15) is 19.4 Å². The predicted molar refractivity (Wildman–Crippen MR) is 73.5 cm³/mol. The van der Waals surface area contributed by atoms with Crippen LogP contribution in [0, 0.1) is 17.8 Å². The number of rotatable bonds is 6. The van der Waals surface area contributed by atoms with Crippen LogP contribution in [0.25, 0.3) is 0 Å². The van der Waals surface area contributed by atoms with Crippen molar-refractivity contribution in [2.75, 3.05) is 26.4 Å². The van der Waals surface area contributed by atoms with E-state index in [4.69, 9.17) is 15.2 Å². The zero-order valence-corrected chi connectivity index (χ0v) is 11.1. The maximum absolute atomic E-state index is 5.55. The van der Waals surface area contributed by atoms with Gasteiger partial charge in [0.1, 0.15) is 12.4 Å². The first-order valence-corrected chi connectivity index (χ1v) is 6.22. The number of nitrogens with two attached hydrogens (primary N) is 1. The summed E-state index contributed by atoms with van der Waals surface area (Å²) in [5.74, 6) is 7.17. The highest BCUT2D eigenvalue weighted by molar-refractivity contribution is 5.38. The van der Waals surface area contributed by atoms with Gasteiger partial charge in [0.15, 0.2) is 0 Å². The Balaban J connectivity index is 2.27.